The van der Waals surface area contributed by atoms with Gasteiger partial charge in [-0.15, -0.1) is 0 Å². The van der Waals surface area contributed by atoms with Crippen molar-refractivity contribution in [1.82, 2.24) is 5.32 Å². The minimum atomic E-state index is -4.82. The predicted molar refractivity (Wildman–Crippen MR) is 52.6 cm³/mol. The zero-order chi connectivity index (χ0) is 11.5. The second kappa shape index (κ2) is 6.81. The molecule has 1 aromatic rings. The molecule has 0 saturated heterocycles. The maximum Gasteiger partial charge on any atom is 1.00 e. The molecule has 82 valence electrons. The van der Waals surface area contributed by atoms with E-state index in [-0.39, 0.29) is 62.9 Å². The molecule has 1 rings (SSSR count). The number of nitrogens with one attached hydrogen (secondary N) is 1. The van der Waals surface area contributed by atoms with E-state index < -0.39 is 13.3 Å². The SMILES string of the molecule is CNC(=O)c1ccc(C[B-](F)(F)F)cc1.[K+]. The fourth-order valence-electron chi connectivity index (χ4n) is 1.20. The molecule has 0 unspecified atom stereocenters. The Morgan fingerprint density at radius 2 is 1.75 bits per heavy atom. The van der Waals surface area contributed by atoms with Crippen LogP contribution in [0.15, 0.2) is 24.3 Å². The third-order valence-corrected chi connectivity index (χ3v) is 1.91. The molecule has 7 heteroatoms. The summed E-state index contributed by atoms with van der Waals surface area (Å²) >= 11 is 0. The number of amides is 1. The van der Waals surface area contributed by atoms with Gasteiger partial charge in [0.05, 0.1) is 0 Å². The zero-order valence-corrected chi connectivity index (χ0v) is 12.3. The van der Waals surface area contributed by atoms with Gasteiger partial charge in [0.1, 0.15) is 0 Å². The van der Waals surface area contributed by atoms with Gasteiger partial charge in [-0.1, -0.05) is 24.0 Å². The monoisotopic (exact) mass is 255 g/mol. The molecule has 0 heterocycles. The Hall–Kier alpha value is 0.181. The van der Waals surface area contributed by atoms with Crippen molar-refractivity contribution >= 4 is 12.9 Å². The first kappa shape index (κ1) is 16.2. The second-order valence-electron chi connectivity index (χ2n) is 3.19. The molecule has 2 nitrogen and oxygen atoms in total. The number of hydrogen-bond donors (Lipinski definition) is 1. The van der Waals surface area contributed by atoms with Gasteiger partial charge in [-0.2, -0.15) is 0 Å². The normalized spacial score (nSPS) is 10.5. The minimum Gasteiger partial charge on any atom is -0.449 e. The Labute approximate surface area is 134 Å². The molecule has 0 aliphatic carbocycles. The van der Waals surface area contributed by atoms with Gasteiger partial charge in [0.2, 0.25) is 0 Å². The number of carbonyl (C=O) groups is 1. The molecule has 1 aromatic carbocycles. The smallest absolute Gasteiger partial charge is 0.449 e. The predicted octanol–water partition coefficient (Wildman–Crippen LogP) is -1.02. The first-order valence-electron chi connectivity index (χ1n) is 4.44. The van der Waals surface area contributed by atoms with Crippen molar-refractivity contribution in [3.63, 3.8) is 0 Å². The number of carbonyl (C=O) groups excluding carboxylic acids is 1. The first-order valence-corrected chi connectivity index (χ1v) is 4.44. The van der Waals surface area contributed by atoms with Crippen LogP contribution in [0.25, 0.3) is 0 Å². The Balaban J connectivity index is 0.00000225. The molecule has 0 atom stereocenters. The van der Waals surface area contributed by atoms with Crippen molar-refractivity contribution in [2.45, 2.75) is 6.32 Å². The van der Waals surface area contributed by atoms with Gasteiger partial charge >= 0.3 is 58.4 Å². The largest absolute Gasteiger partial charge is 1.00 e. The van der Waals surface area contributed by atoms with Gasteiger partial charge in [0.25, 0.3) is 5.91 Å². The van der Waals surface area contributed by atoms with E-state index in [4.69, 9.17) is 0 Å². The standard InChI is InChI=1S/C9H10BF3NO.K/c1-14-9(15)8-4-2-7(3-5-8)6-10(11,12)13;/h2-5H,6H2,1H3,(H,14,15);/q-1;+1. The van der Waals surface area contributed by atoms with Crippen LogP contribution in [0.4, 0.5) is 12.9 Å². The summed E-state index contributed by atoms with van der Waals surface area (Å²) in [6.07, 6.45) is -0.909. The summed E-state index contributed by atoms with van der Waals surface area (Å²) in [6.45, 7) is -4.82. The third-order valence-electron chi connectivity index (χ3n) is 1.91. The number of halogens is 3. The summed E-state index contributed by atoms with van der Waals surface area (Å²) in [5, 5.41) is 2.39. The van der Waals surface area contributed by atoms with Gasteiger partial charge < -0.3 is 18.3 Å². The van der Waals surface area contributed by atoms with E-state index in [0.29, 0.717) is 5.56 Å². The second-order valence-corrected chi connectivity index (χ2v) is 3.19. The Bertz CT molecular complexity index is 353. The molecule has 1 amide bonds. The average Bonchev–Trinajstić information content (AvgIpc) is 2.15. The van der Waals surface area contributed by atoms with Crippen molar-refractivity contribution in [3.05, 3.63) is 35.4 Å². The first-order chi connectivity index (χ1) is 6.92. The van der Waals surface area contributed by atoms with Crippen molar-refractivity contribution in [2.75, 3.05) is 7.05 Å². The molecule has 0 bridgehead atoms. The minimum absolute atomic E-state index is 0. The zero-order valence-electron chi connectivity index (χ0n) is 9.14. The average molecular weight is 255 g/mol. The summed E-state index contributed by atoms with van der Waals surface area (Å²) in [6, 6.07) is 5.41. The topological polar surface area (TPSA) is 29.1 Å². The van der Waals surface area contributed by atoms with Crippen LogP contribution >= 0.6 is 0 Å². The van der Waals surface area contributed by atoms with E-state index in [9.17, 15) is 17.7 Å². The van der Waals surface area contributed by atoms with Gasteiger partial charge in [-0.05, 0) is 12.1 Å². The molecule has 0 aliphatic rings. The van der Waals surface area contributed by atoms with E-state index in [1.54, 1.807) is 0 Å². The van der Waals surface area contributed by atoms with E-state index in [2.05, 4.69) is 5.32 Å². The molecule has 0 saturated carbocycles. The summed E-state index contributed by atoms with van der Waals surface area (Å²) in [5.41, 5.74) is 0.533. The molecule has 0 radical (unpaired) electrons. The van der Waals surface area contributed by atoms with E-state index in [0.717, 1.165) is 0 Å². The van der Waals surface area contributed by atoms with Crippen molar-refractivity contribution < 1.29 is 69.1 Å². The Morgan fingerprint density at radius 1 is 1.25 bits per heavy atom. The van der Waals surface area contributed by atoms with Crippen LogP contribution in [0.3, 0.4) is 0 Å². The maximum atomic E-state index is 12.0. The summed E-state index contributed by atoms with van der Waals surface area (Å²) in [5.74, 6) is -0.306. The molecular weight excluding hydrogens is 245 g/mol. The van der Waals surface area contributed by atoms with Crippen molar-refractivity contribution in [1.29, 1.82) is 0 Å². The number of hydrogen-bond acceptors (Lipinski definition) is 1. The number of benzene rings is 1. The summed E-state index contributed by atoms with van der Waals surface area (Å²) in [7, 11) is 1.47. The Kier molecular flexibility index (Phi) is 6.88. The van der Waals surface area contributed by atoms with E-state index in [1.807, 2.05) is 0 Å². The summed E-state index contributed by atoms with van der Waals surface area (Å²) in [4.78, 5) is 11.1. The van der Waals surface area contributed by atoms with Crippen molar-refractivity contribution in [3.8, 4) is 0 Å². The van der Waals surface area contributed by atoms with Crippen LogP contribution in [0, 0.1) is 0 Å². The van der Waals surface area contributed by atoms with Gasteiger partial charge in [0.15, 0.2) is 0 Å². The van der Waals surface area contributed by atoms with E-state index in [1.165, 1.54) is 31.3 Å². The fraction of sp³-hybridized carbons (Fsp3) is 0.222. The van der Waals surface area contributed by atoms with Crippen LogP contribution in [-0.4, -0.2) is 19.9 Å². The van der Waals surface area contributed by atoms with Gasteiger partial charge in [-0.25, -0.2) is 0 Å². The van der Waals surface area contributed by atoms with Crippen LogP contribution in [0.1, 0.15) is 15.9 Å². The van der Waals surface area contributed by atoms with E-state index >= 15 is 0 Å². The molecule has 0 fully saturated rings. The maximum absolute atomic E-state index is 12.0. The Morgan fingerprint density at radius 3 is 2.12 bits per heavy atom. The molecule has 1 N–H and O–H groups in total. The molecular formula is C9H10BF3KNO. The third kappa shape index (κ3) is 5.49. The molecule has 0 spiro atoms. The van der Waals surface area contributed by atoms with Gasteiger partial charge in [-0.3, -0.25) is 4.79 Å². The number of rotatable bonds is 3. The van der Waals surface area contributed by atoms with Crippen molar-refractivity contribution in [2.24, 2.45) is 0 Å². The van der Waals surface area contributed by atoms with Crippen LogP contribution < -0.4 is 56.7 Å². The molecule has 0 aliphatic heterocycles. The fourth-order valence-corrected chi connectivity index (χ4v) is 1.20. The van der Waals surface area contributed by atoms with Crippen LogP contribution in [-0.2, 0) is 6.32 Å². The van der Waals surface area contributed by atoms with Gasteiger partial charge in [0, 0.05) is 12.6 Å². The molecule has 0 aromatic heterocycles. The van der Waals surface area contributed by atoms with Crippen LogP contribution in [0.2, 0.25) is 0 Å². The molecule has 16 heavy (non-hydrogen) atoms. The van der Waals surface area contributed by atoms with Crippen LogP contribution in [0.5, 0.6) is 0 Å². The quantitative estimate of drug-likeness (QED) is 0.688. The summed E-state index contributed by atoms with van der Waals surface area (Å²) < 4.78 is 36.1.